The number of unbranched alkanes of at least 4 members (excludes halogenated alkanes) is 18. The molecule has 2 atom stereocenters. The van der Waals surface area contributed by atoms with Gasteiger partial charge in [-0.25, -0.2) is 4.57 Å². The topological polar surface area (TPSA) is 131 Å². The molecule has 0 saturated heterocycles. The molecule has 1 amide bonds. The lowest BCUT2D eigenvalue weighted by Gasteiger charge is -2.15. The van der Waals surface area contributed by atoms with E-state index in [1.807, 2.05) is 0 Å². The monoisotopic (exact) mass is 728 g/mol. The normalized spacial score (nSPS) is 13.8. The number of aliphatic hydroxyl groups is 1. The number of ether oxygens (including phenoxy) is 1. The van der Waals surface area contributed by atoms with Crippen LogP contribution >= 0.6 is 7.82 Å². The van der Waals surface area contributed by atoms with E-state index in [1.54, 1.807) is 0 Å². The molecule has 0 aromatic heterocycles. The number of phosphoric acid groups is 1. The summed E-state index contributed by atoms with van der Waals surface area (Å²) in [5, 5.41) is 12.6. The van der Waals surface area contributed by atoms with E-state index in [9.17, 15) is 24.2 Å². The van der Waals surface area contributed by atoms with Gasteiger partial charge in [0.25, 0.3) is 0 Å². The number of hydrogen-bond acceptors (Lipinski definition) is 7. The second kappa shape index (κ2) is 37.0. The molecule has 0 fully saturated rings. The van der Waals surface area contributed by atoms with Crippen LogP contribution in [0, 0.1) is 0 Å². The lowest BCUT2D eigenvalue weighted by molar-refractivity contribution is -0.147. The molecule has 50 heavy (non-hydrogen) atoms. The molecule has 0 bridgehead atoms. The number of aliphatic hydroxyl groups excluding tert-OH is 1. The van der Waals surface area contributed by atoms with Gasteiger partial charge in [-0.05, 0) is 64.2 Å². The molecule has 2 unspecified atom stereocenters. The van der Waals surface area contributed by atoms with Crippen LogP contribution in [0.2, 0.25) is 0 Å². The first kappa shape index (κ1) is 48.2. The molecule has 0 heterocycles. The van der Waals surface area contributed by atoms with Crippen molar-refractivity contribution in [3.63, 3.8) is 0 Å². The maximum atomic E-state index is 12.1. The van der Waals surface area contributed by atoms with Gasteiger partial charge in [0.05, 0.1) is 13.2 Å². The average Bonchev–Trinajstić information content (AvgIpc) is 3.10. The summed E-state index contributed by atoms with van der Waals surface area (Å²) in [6, 6.07) is 0. The number of hydrogen-bond donors (Lipinski definition) is 3. The third kappa shape index (κ3) is 37.5. The first-order valence-electron chi connectivity index (χ1n) is 20.0. The number of carbonyl (C=O) groups excluding carboxylic acids is 2. The van der Waals surface area contributed by atoms with Crippen LogP contribution in [0.25, 0.3) is 0 Å². The highest BCUT2D eigenvalue weighted by Gasteiger charge is 2.23. The van der Waals surface area contributed by atoms with Crippen molar-refractivity contribution in [1.82, 2.24) is 5.32 Å². The third-order valence-corrected chi connectivity index (χ3v) is 9.26. The van der Waals surface area contributed by atoms with Crippen molar-refractivity contribution in [3.8, 4) is 0 Å². The number of carbonyl (C=O) groups is 2. The summed E-state index contributed by atoms with van der Waals surface area (Å²) in [5.74, 6) is -0.540. The lowest BCUT2D eigenvalue weighted by Crippen LogP contribution is -2.27. The van der Waals surface area contributed by atoms with E-state index >= 15 is 0 Å². The lowest BCUT2D eigenvalue weighted by atomic mass is 10.1. The van der Waals surface area contributed by atoms with Crippen molar-refractivity contribution in [2.24, 2.45) is 0 Å². The van der Waals surface area contributed by atoms with Gasteiger partial charge < -0.3 is 20.1 Å². The van der Waals surface area contributed by atoms with Crippen molar-refractivity contribution in [3.05, 3.63) is 36.5 Å². The molecular weight excluding hydrogens is 653 g/mol. The first-order chi connectivity index (χ1) is 24.3. The molecule has 292 valence electrons. The molecule has 0 aromatic carbocycles. The van der Waals surface area contributed by atoms with Crippen LogP contribution in [0.3, 0.4) is 0 Å². The zero-order valence-electron chi connectivity index (χ0n) is 31.8. The van der Waals surface area contributed by atoms with Gasteiger partial charge >= 0.3 is 13.8 Å². The minimum absolute atomic E-state index is 0.0756. The standard InChI is InChI=1S/C40H74NO8P/c1-3-5-7-9-11-13-15-17-18-19-21-22-24-26-28-30-32-39(43)41-34-35-48-50(45,46)49-37-38(42)36-47-40(44)33-31-29-27-25-23-20-16-14-12-10-8-6-4-2/h8,10,14,16,18-19,38,42H,3-7,9,11-13,15,17,20-37H2,1-2H3,(H,41,43)(H,45,46)/b10-8-,16-14-,19-18-. The summed E-state index contributed by atoms with van der Waals surface area (Å²) in [7, 11) is -4.42. The van der Waals surface area contributed by atoms with Crippen LogP contribution in [0.4, 0.5) is 0 Å². The molecule has 0 saturated carbocycles. The Labute approximate surface area is 305 Å². The average molecular weight is 728 g/mol. The number of allylic oxidation sites excluding steroid dienone is 6. The zero-order valence-corrected chi connectivity index (χ0v) is 32.7. The largest absolute Gasteiger partial charge is 0.472 e. The summed E-state index contributed by atoms with van der Waals surface area (Å²) in [5.41, 5.74) is 0. The van der Waals surface area contributed by atoms with Gasteiger partial charge in [0.2, 0.25) is 5.91 Å². The molecule has 0 aliphatic heterocycles. The van der Waals surface area contributed by atoms with E-state index in [2.05, 4.69) is 55.6 Å². The van der Waals surface area contributed by atoms with Crippen LogP contribution in [0.1, 0.15) is 174 Å². The first-order valence-corrected chi connectivity index (χ1v) is 21.5. The van der Waals surface area contributed by atoms with Crippen molar-refractivity contribution in [2.75, 3.05) is 26.4 Å². The third-order valence-electron chi connectivity index (χ3n) is 8.27. The van der Waals surface area contributed by atoms with Gasteiger partial charge in [0, 0.05) is 19.4 Å². The Balaban J connectivity index is 3.64. The zero-order chi connectivity index (χ0) is 36.8. The fourth-order valence-corrected chi connectivity index (χ4v) is 5.99. The number of rotatable bonds is 37. The van der Waals surface area contributed by atoms with Crippen molar-refractivity contribution in [2.45, 2.75) is 180 Å². The van der Waals surface area contributed by atoms with E-state index in [4.69, 9.17) is 13.8 Å². The van der Waals surface area contributed by atoms with E-state index in [-0.39, 0.29) is 32.1 Å². The predicted octanol–water partition coefficient (Wildman–Crippen LogP) is 10.6. The minimum Gasteiger partial charge on any atom is -0.463 e. The number of esters is 1. The van der Waals surface area contributed by atoms with Crippen LogP contribution < -0.4 is 5.32 Å². The predicted molar refractivity (Wildman–Crippen MR) is 206 cm³/mol. The smallest absolute Gasteiger partial charge is 0.463 e. The number of amides is 1. The van der Waals surface area contributed by atoms with Crippen molar-refractivity contribution < 1.29 is 37.9 Å². The molecular formula is C40H74NO8P. The highest BCUT2D eigenvalue weighted by atomic mass is 31.2. The second-order valence-electron chi connectivity index (χ2n) is 13.2. The summed E-state index contributed by atoms with van der Waals surface area (Å²) < 4.78 is 26.8. The Bertz CT molecular complexity index is 923. The molecule has 0 aliphatic carbocycles. The molecule has 0 rings (SSSR count). The molecule has 3 N–H and O–H groups in total. The Morgan fingerprint density at radius 2 is 1.12 bits per heavy atom. The van der Waals surface area contributed by atoms with Gasteiger partial charge in [0.1, 0.15) is 12.7 Å². The van der Waals surface area contributed by atoms with E-state index in [0.717, 1.165) is 83.5 Å². The molecule has 0 aromatic rings. The van der Waals surface area contributed by atoms with E-state index < -0.39 is 26.5 Å². The quantitative estimate of drug-likeness (QED) is 0.0249. The van der Waals surface area contributed by atoms with E-state index in [0.29, 0.717) is 6.42 Å². The van der Waals surface area contributed by atoms with Crippen LogP contribution in [0.5, 0.6) is 0 Å². The van der Waals surface area contributed by atoms with Crippen LogP contribution in [-0.4, -0.2) is 54.3 Å². The second-order valence-corrected chi connectivity index (χ2v) is 14.7. The van der Waals surface area contributed by atoms with Crippen molar-refractivity contribution >= 4 is 19.7 Å². The summed E-state index contributed by atoms with van der Waals surface area (Å²) in [4.78, 5) is 33.8. The number of phosphoric ester groups is 1. The van der Waals surface area contributed by atoms with E-state index in [1.165, 1.54) is 64.2 Å². The SMILES string of the molecule is CCC/C=C\C/C=C\CCCCCCCC(=O)OCC(O)COP(=O)(O)OCCNC(=O)CCCCCCC/C=C\CCCCCCCCC. The van der Waals surface area contributed by atoms with Crippen LogP contribution in [-0.2, 0) is 27.9 Å². The van der Waals surface area contributed by atoms with Gasteiger partial charge in [-0.3, -0.25) is 18.6 Å². The molecule has 0 spiro atoms. The molecule has 9 nitrogen and oxygen atoms in total. The summed E-state index contributed by atoms with van der Waals surface area (Å²) in [6.07, 6.45) is 39.3. The van der Waals surface area contributed by atoms with Gasteiger partial charge in [-0.2, -0.15) is 0 Å². The highest BCUT2D eigenvalue weighted by molar-refractivity contribution is 7.47. The maximum Gasteiger partial charge on any atom is 0.472 e. The fraction of sp³-hybridized carbons (Fsp3) is 0.800. The van der Waals surface area contributed by atoms with Crippen molar-refractivity contribution in [1.29, 1.82) is 0 Å². The summed E-state index contributed by atoms with van der Waals surface area (Å²) >= 11 is 0. The van der Waals surface area contributed by atoms with Crippen LogP contribution in [0.15, 0.2) is 36.5 Å². The Morgan fingerprint density at radius 3 is 1.70 bits per heavy atom. The Hall–Kier alpha value is -1.77. The minimum atomic E-state index is -4.42. The maximum absolute atomic E-state index is 12.1. The molecule has 0 aliphatic rings. The van der Waals surface area contributed by atoms with Gasteiger partial charge in [-0.15, -0.1) is 0 Å². The number of nitrogens with one attached hydrogen (secondary N) is 1. The Kier molecular flexibility index (Phi) is 35.7. The Morgan fingerprint density at radius 1 is 0.620 bits per heavy atom. The van der Waals surface area contributed by atoms with Gasteiger partial charge in [0.15, 0.2) is 0 Å². The molecule has 10 heteroatoms. The summed E-state index contributed by atoms with van der Waals surface area (Å²) in [6.45, 7) is 3.45. The van der Waals surface area contributed by atoms with Gasteiger partial charge in [-0.1, -0.05) is 134 Å². The molecule has 0 radical (unpaired) electrons. The fourth-order valence-electron chi connectivity index (χ4n) is 5.24. The highest BCUT2D eigenvalue weighted by Crippen LogP contribution is 2.42.